The number of benzene rings is 1. The van der Waals surface area contributed by atoms with E-state index in [1.807, 2.05) is 18.2 Å². The Labute approximate surface area is 114 Å². The summed E-state index contributed by atoms with van der Waals surface area (Å²) in [5.74, 6) is 0.259. The number of piperidine rings is 1. The van der Waals surface area contributed by atoms with Gasteiger partial charge < -0.3 is 15.1 Å². The Morgan fingerprint density at radius 2 is 1.89 bits per heavy atom. The number of aliphatic hydroxyl groups is 2. The van der Waals surface area contributed by atoms with Crippen LogP contribution >= 0.6 is 12.6 Å². The summed E-state index contributed by atoms with van der Waals surface area (Å²) < 4.78 is 0. The lowest BCUT2D eigenvalue weighted by Gasteiger charge is -2.29. The fourth-order valence-corrected chi connectivity index (χ4v) is 2.58. The summed E-state index contributed by atoms with van der Waals surface area (Å²) in [4.78, 5) is 2.34. The molecule has 1 heterocycles. The van der Waals surface area contributed by atoms with Crippen LogP contribution in [0.15, 0.2) is 24.3 Å². The highest BCUT2D eigenvalue weighted by Gasteiger charge is 2.18. The lowest BCUT2D eigenvalue weighted by Crippen LogP contribution is -2.29. The van der Waals surface area contributed by atoms with Crippen LogP contribution in [0.25, 0.3) is 0 Å². The van der Waals surface area contributed by atoms with E-state index in [0.717, 1.165) is 24.3 Å². The highest BCUT2D eigenvalue weighted by atomic mass is 32.1. The van der Waals surface area contributed by atoms with Gasteiger partial charge in [0.15, 0.2) is 0 Å². The highest BCUT2D eigenvalue weighted by Crippen LogP contribution is 2.25. The van der Waals surface area contributed by atoms with Crippen molar-refractivity contribution >= 4 is 18.3 Å². The van der Waals surface area contributed by atoms with Gasteiger partial charge in [-0.1, -0.05) is 12.1 Å². The Kier molecular flexibility index (Phi) is 4.92. The second-order valence-corrected chi connectivity index (χ2v) is 5.20. The number of anilines is 1. The summed E-state index contributed by atoms with van der Waals surface area (Å²) in [6.45, 7) is 2.16. The molecule has 3 nitrogen and oxygen atoms in total. The Morgan fingerprint density at radius 1 is 1.17 bits per heavy atom. The van der Waals surface area contributed by atoms with Crippen molar-refractivity contribution in [2.45, 2.75) is 31.5 Å². The van der Waals surface area contributed by atoms with Crippen molar-refractivity contribution in [1.29, 1.82) is 0 Å². The molecule has 2 atom stereocenters. The predicted octanol–water partition coefficient (Wildman–Crippen LogP) is 2.00. The summed E-state index contributed by atoms with van der Waals surface area (Å²) in [5.41, 5.74) is 1.90. The fraction of sp³-hybridized carbons (Fsp3) is 0.571. The molecule has 2 unspecified atom stereocenters. The van der Waals surface area contributed by atoms with Crippen molar-refractivity contribution in [3.63, 3.8) is 0 Å². The van der Waals surface area contributed by atoms with Crippen LogP contribution in [-0.2, 0) is 0 Å². The van der Waals surface area contributed by atoms with E-state index in [1.54, 1.807) is 0 Å². The first-order valence-electron chi connectivity index (χ1n) is 6.54. The SMILES string of the molecule is OC(CS)C(O)c1cccc(N2CCCCC2)c1. The van der Waals surface area contributed by atoms with E-state index in [9.17, 15) is 10.2 Å². The van der Waals surface area contributed by atoms with Crippen LogP contribution in [0.3, 0.4) is 0 Å². The standard InChI is InChI=1S/C14H21NO2S/c16-13(10-18)14(17)11-5-4-6-12(9-11)15-7-2-1-3-8-15/h4-6,9,13-14,16-18H,1-3,7-8,10H2. The van der Waals surface area contributed by atoms with Gasteiger partial charge in [-0.25, -0.2) is 0 Å². The second kappa shape index (κ2) is 6.45. The molecule has 0 spiro atoms. The molecule has 1 saturated heterocycles. The fourth-order valence-electron chi connectivity index (χ4n) is 2.38. The van der Waals surface area contributed by atoms with Gasteiger partial charge in [-0.15, -0.1) is 0 Å². The molecule has 0 saturated carbocycles. The van der Waals surface area contributed by atoms with Crippen molar-refractivity contribution in [3.05, 3.63) is 29.8 Å². The maximum Gasteiger partial charge on any atom is 0.106 e. The van der Waals surface area contributed by atoms with E-state index in [4.69, 9.17) is 0 Å². The summed E-state index contributed by atoms with van der Waals surface area (Å²) >= 11 is 4.01. The van der Waals surface area contributed by atoms with Gasteiger partial charge in [0.2, 0.25) is 0 Å². The Morgan fingerprint density at radius 3 is 2.56 bits per heavy atom. The summed E-state index contributed by atoms with van der Waals surface area (Å²) in [5, 5.41) is 19.6. The molecule has 0 radical (unpaired) electrons. The largest absolute Gasteiger partial charge is 0.389 e. The van der Waals surface area contributed by atoms with E-state index in [-0.39, 0.29) is 5.75 Å². The van der Waals surface area contributed by atoms with Gasteiger partial charge in [0.05, 0.1) is 6.10 Å². The third-order valence-corrected chi connectivity index (χ3v) is 3.86. The normalized spacial score (nSPS) is 19.6. The molecule has 1 aromatic rings. The Hall–Kier alpha value is -0.710. The smallest absolute Gasteiger partial charge is 0.106 e. The minimum atomic E-state index is -0.854. The molecule has 100 valence electrons. The number of thiol groups is 1. The molecule has 2 N–H and O–H groups in total. The first kappa shape index (κ1) is 13.7. The van der Waals surface area contributed by atoms with E-state index in [2.05, 4.69) is 23.6 Å². The molecule has 4 heteroatoms. The number of hydrogen-bond acceptors (Lipinski definition) is 4. The molecular weight excluding hydrogens is 246 g/mol. The molecular formula is C14H21NO2S. The van der Waals surface area contributed by atoms with E-state index >= 15 is 0 Å². The second-order valence-electron chi connectivity index (χ2n) is 4.84. The highest BCUT2D eigenvalue weighted by molar-refractivity contribution is 7.80. The molecule has 1 fully saturated rings. The minimum absolute atomic E-state index is 0.259. The molecule has 0 bridgehead atoms. The molecule has 0 aliphatic carbocycles. The van der Waals surface area contributed by atoms with E-state index < -0.39 is 12.2 Å². The first-order chi connectivity index (χ1) is 8.72. The average molecular weight is 267 g/mol. The van der Waals surface area contributed by atoms with Gasteiger partial charge in [-0.3, -0.25) is 0 Å². The van der Waals surface area contributed by atoms with Gasteiger partial charge in [-0.2, -0.15) is 12.6 Å². The van der Waals surface area contributed by atoms with Crippen molar-refractivity contribution in [3.8, 4) is 0 Å². The number of rotatable bonds is 4. The van der Waals surface area contributed by atoms with Crippen LogP contribution in [-0.4, -0.2) is 35.2 Å². The van der Waals surface area contributed by atoms with E-state index in [0.29, 0.717) is 0 Å². The van der Waals surface area contributed by atoms with Gasteiger partial charge in [-0.05, 0) is 37.0 Å². The molecule has 0 aromatic heterocycles. The van der Waals surface area contributed by atoms with Crippen LogP contribution in [0.1, 0.15) is 30.9 Å². The first-order valence-corrected chi connectivity index (χ1v) is 7.17. The maximum absolute atomic E-state index is 9.99. The average Bonchev–Trinajstić information content (AvgIpc) is 2.46. The molecule has 1 aliphatic rings. The lowest BCUT2D eigenvalue weighted by molar-refractivity contribution is 0.0338. The van der Waals surface area contributed by atoms with E-state index in [1.165, 1.54) is 19.3 Å². The van der Waals surface area contributed by atoms with Crippen LogP contribution in [0.4, 0.5) is 5.69 Å². The van der Waals surface area contributed by atoms with Gasteiger partial charge in [0.1, 0.15) is 6.10 Å². The molecule has 0 amide bonds. The number of hydrogen-bond donors (Lipinski definition) is 3. The number of aliphatic hydroxyl groups excluding tert-OH is 2. The predicted molar refractivity (Wildman–Crippen MR) is 77.3 cm³/mol. The Bertz CT molecular complexity index is 363. The summed E-state index contributed by atoms with van der Waals surface area (Å²) in [7, 11) is 0. The molecule has 1 aliphatic heterocycles. The van der Waals surface area contributed by atoms with Crippen LogP contribution < -0.4 is 4.90 Å². The zero-order valence-corrected chi connectivity index (χ0v) is 11.4. The zero-order valence-electron chi connectivity index (χ0n) is 10.5. The molecule has 2 rings (SSSR count). The quantitative estimate of drug-likeness (QED) is 0.731. The third-order valence-electron chi connectivity index (χ3n) is 3.48. The zero-order chi connectivity index (χ0) is 13.0. The van der Waals surface area contributed by atoms with Crippen LogP contribution in [0.2, 0.25) is 0 Å². The third kappa shape index (κ3) is 3.19. The van der Waals surface area contributed by atoms with Crippen molar-refractivity contribution in [2.24, 2.45) is 0 Å². The maximum atomic E-state index is 9.99. The van der Waals surface area contributed by atoms with Crippen molar-refractivity contribution in [2.75, 3.05) is 23.7 Å². The van der Waals surface area contributed by atoms with Gasteiger partial charge in [0, 0.05) is 24.5 Å². The van der Waals surface area contributed by atoms with Crippen molar-refractivity contribution in [1.82, 2.24) is 0 Å². The van der Waals surface area contributed by atoms with Crippen LogP contribution in [0, 0.1) is 0 Å². The monoisotopic (exact) mass is 267 g/mol. The topological polar surface area (TPSA) is 43.7 Å². The van der Waals surface area contributed by atoms with Gasteiger partial charge in [0.25, 0.3) is 0 Å². The van der Waals surface area contributed by atoms with Gasteiger partial charge >= 0.3 is 0 Å². The summed E-state index contributed by atoms with van der Waals surface area (Å²) in [6.07, 6.45) is 2.09. The molecule has 18 heavy (non-hydrogen) atoms. The van der Waals surface area contributed by atoms with Crippen LogP contribution in [0.5, 0.6) is 0 Å². The van der Waals surface area contributed by atoms with Crippen molar-refractivity contribution < 1.29 is 10.2 Å². The number of nitrogens with zero attached hydrogens (tertiary/aromatic N) is 1. The summed E-state index contributed by atoms with van der Waals surface area (Å²) in [6, 6.07) is 7.83. The Balaban J connectivity index is 2.13. The molecule has 1 aromatic carbocycles. The minimum Gasteiger partial charge on any atom is -0.389 e. The lowest BCUT2D eigenvalue weighted by atomic mass is 10.0.